The maximum Gasteiger partial charge on any atom is 0.194 e. The van der Waals surface area contributed by atoms with Crippen LogP contribution in [-0.4, -0.2) is 18.3 Å². The first kappa shape index (κ1) is 10.7. The number of halogens is 2. The second-order valence-electron chi connectivity index (χ2n) is 2.73. The molecule has 0 atom stereocenters. The molecule has 0 aromatic heterocycles. The SMILES string of the molecule is NCCCOc1cc(F)cc(F)c1O. The van der Waals surface area contributed by atoms with Crippen molar-refractivity contribution >= 4 is 0 Å². The van der Waals surface area contributed by atoms with E-state index in [1.54, 1.807) is 0 Å². The van der Waals surface area contributed by atoms with Crippen molar-refractivity contribution in [2.75, 3.05) is 13.2 Å². The molecule has 0 heterocycles. The van der Waals surface area contributed by atoms with E-state index in [1.807, 2.05) is 0 Å². The van der Waals surface area contributed by atoms with Crippen LogP contribution in [0, 0.1) is 11.6 Å². The Labute approximate surface area is 80.1 Å². The molecule has 3 N–H and O–H groups in total. The molecule has 0 saturated carbocycles. The van der Waals surface area contributed by atoms with Crippen molar-refractivity contribution in [2.45, 2.75) is 6.42 Å². The van der Waals surface area contributed by atoms with Crippen molar-refractivity contribution < 1.29 is 18.6 Å². The van der Waals surface area contributed by atoms with E-state index < -0.39 is 17.4 Å². The van der Waals surface area contributed by atoms with Gasteiger partial charge in [-0.1, -0.05) is 0 Å². The average molecular weight is 203 g/mol. The summed E-state index contributed by atoms with van der Waals surface area (Å²) in [7, 11) is 0. The topological polar surface area (TPSA) is 55.5 Å². The highest BCUT2D eigenvalue weighted by molar-refractivity contribution is 5.40. The molecule has 14 heavy (non-hydrogen) atoms. The van der Waals surface area contributed by atoms with Crippen LogP contribution in [0.3, 0.4) is 0 Å². The normalized spacial score (nSPS) is 10.2. The smallest absolute Gasteiger partial charge is 0.194 e. The van der Waals surface area contributed by atoms with Crippen molar-refractivity contribution in [1.82, 2.24) is 0 Å². The van der Waals surface area contributed by atoms with E-state index in [0.717, 1.165) is 6.07 Å². The number of aromatic hydroxyl groups is 1. The molecule has 0 aliphatic carbocycles. The number of benzene rings is 1. The van der Waals surface area contributed by atoms with Crippen molar-refractivity contribution in [3.63, 3.8) is 0 Å². The van der Waals surface area contributed by atoms with Gasteiger partial charge in [0.1, 0.15) is 5.82 Å². The molecule has 0 spiro atoms. The Morgan fingerprint density at radius 2 is 2.07 bits per heavy atom. The first-order chi connectivity index (χ1) is 6.65. The number of hydrogen-bond acceptors (Lipinski definition) is 3. The Morgan fingerprint density at radius 3 is 2.71 bits per heavy atom. The minimum absolute atomic E-state index is 0.198. The highest BCUT2D eigenvalue weighted by atomic mass is 19.1. The van der Waals surface area contributed by atoms with E-state index in [1.165, 1.54) is 0 Å². The Bertz CT molecular complexity index is 318. The van der Waals surface area contributed by atoms with Gasteiger partial charge >= 0.3 is 0 Å². The highest BCUT2D eigenvalue weighted by Crippen LogP contribution is 2.29. The van der Waals surface area contributed by atoms with Crippen molar-refractivity contribution in [3.8, 4) is 11.5 Å². The molecule has 3 nitrogen and oxygen atoms in total. The second-order valence-corrected chi connectivity index (χ2v) is 2.73. The molecule has 0 amide bonds. The summed E-state index contributed by atoms with van der Waals surface area (Å²) in [5.74, 6) is -2.70. The number of nitrogens with two attached hydrogens (primary N) is 1. The van der Waals surface area contributed by atoms with Gasteiger partial charge in [0.25, 0.3) is 0 Å². The zero-order chi connectivity index (χ0) is 10.6. The summed E-state index contributed by atoms with van der Waals surface area (Å²) in [5, 5.41) is 9.12. The molecule has 0 fully saturated rings. The molecule has 0 unspecified atom stereocenters. The summed E-state index contributed by atoms with van der Waals surface area (Å²) in [6.45, 7) is 0.630. The van der Waals surface area contributed by atoms with Crippen LogP contribution in [0.5, 0.6) is 11.5 Å². The molecule has 0 aliphatic rings. The lowest BCUT2D eigenvalue weighted by atomic mass is 10.3. The van der Waals surface area contributed by atoms with E-state index in [4.69, 9.17) is 15.6 Å². The van der Waals surface area contributed by atoms with Crippen LogP contribution in [0.2, 0.25) is 0 Å². The molecule has 1 aromatic rings. The fourth-order valence-corrected chi connectivity index (χ4v) is 0.918. The van der Waals surface area contributed by atoms with E-state index in [0.29, 0.717) is 19.0 Å². The van der Waals surface area contributed by atoms with Gasteiger partial charge < -0.3 is 15.6 Å². The van der Waals surface area contributed by atoms with Crippen molar-refractivity contribution in [2.24, 2.45) is 5.73 Å². The van der Waals surface area contributed by atoms with E-state index in [-0.39, 0.29) is 12.4 Å². The summed E-state index contributed by atoms with van der Waals surface area (Å²) in [6, 6.07) is 1.51. The standard InChI is InChI=1S/C9H11F2NO2/c10-6-4-7(11)9(13)8(5-6)14-3-1-2-12/h4-5,13H,1-3,12H2. The number of phenolic OH excluding ortho intramolecular Hbond substituents is 1. The maximum absolute atomic E-state index is 12.8. The van der Waals surface area contributed by atoms with Crippen molar-refractivity contribution in [1.29, 1.82) is 0 Å². The van der Waals surface area contributed by atoms with E-state index in [9.17, 15) is 8.78 Å². The summed E-state index contributed by atoms with van der Waals surface area (Å²) in [6.07, 6.45) is 0.553. The second kappa shape index (κ2) is 4.76. The number of phenols is 1. The molecule has 0 aliphatic heterocycles. The fourth-order valence-electron chi connectivity index (χ4n) is 0.918. The first-order valence-electron chi connectivity index (χ1n) is 4.16. The zero-order valence-corrected chi connectivity index (χ0v) is 7.46. The van der Waals surface area contributed by atoms with E-state index in [2.05, 4.69) is 0 Å². The van der Waals surface area contributed by atoms with Crippen LogP contribution in [-0.2, 0) is 0 Å². The number of ether oxygens (including phenoxy) is 1. The van der Waals surface area contributed by atoms with Crippen LogP contribution in [0.4, 0.5) is 8.78 Å². The zero-order valence-electron chi connectivity index (χ0n) is 7.46. The Hall–Kier alpha value is -1.36. The molecule has 78 valence electrons. The summed E-state index contributed by atoms with van der Waals surface area (Å²) in [4.78, 5) is 0. The lowest BCUT2D eigenvalue weighted by molar-refractivity contribution is 0.288. The molecule has 1 rings (SSSR count). The number of rotatable bonds is 4. The van der Waals surface area contributed by atoms with Gasteiger partial charge in [-0.05, 0) is 13.0 Å². The molecule has 0 bridgehead atoms. The lowest BCUT2D eigenvalue weighted by Gasteiger charge is -2.07. The highest BCUT2D eigenvalue weighted by Gasteiger charge is 2.10. The molecule has 0 saturated heterocycles. The lowest BCUT2D eigenvalue weighted by Crippen LogP contribution is -2.06. The molecule has 0 radical (unpaired) electrons. The third kappa shape index (κ3) is 2.56. The first-order valence-corrected chi connectivity index (χ1v) is 4.16. The number of hydrogen-bond donors (Lipinski definition) is 2. The van der Waals surface area contributed by atoms with Gasteiger partial charge in [-0.25, -0.2) is 8.78 Å². The molecular formula is C9H11F2NO2. The predicted molar refractivity (Wildman–Crippen MR) is 47.2 cm³/mol. The average Bonchev–Trinajstić information content (AvgIpc) is 2.13. The largest absolute Gasteiger partial charge is 0.502 e. The van der Waals surface area contributed by atoms with Crippen LogP contribution < -0.4 is 10.5 Å². The summed E-state index contributed by atoms with van der Waals surface area (Å²) >= 11 is 0. The van der Waals surface area contributed by atoms with E-state index >= 15 is 0 Å². The Kier molecular flexibility index (Phi) is 3.64. The van der Waals surface area contributed by atoms with Crippen LogP contribution in [0.25, 0.3) is 0 Å². The maximum atomic E-state index is 12.8. The monoisotopic (exact) mass is 203 g/mol. The molecule has 1 aromatic carbocycles. The van der Waals surface area contributed by atoms with Crippen molar-refractivity contribution in [3.05, 3.63) is 23.8 Å². The van der Waals surface area contributed by atoms with Gasteiger partial charge in [-0.2, -0.15) is 0 Å². The van der Waals surface area contributed by atoms with Crippen LogP contribution >= 0.6 is 0 Å². The minimum atomic E-state index is -1.03. The molecular weight excluding hydrogens is 192 g/mol. The summed E-state index contributed by atoms with van der Waals surface area (Å²) < 4.78 is 30.3. The van der Waals surface area contributed by atoms with Gasteiger partial charge in [-0.3, -0.25) is 0 Å². The fraction of sp³-hybridized carbons (Fsp3) is 0.333. The molecule has 5 heteroatoms. The van der Waals surface area contributed by atoms with Gasteiger partial charge in [0.15, 0.2) is 17.3 Å². The van der Waals surface area contributed by atoms with Gasteiger partial charge in [-0.15, -0.1) is 0 Å². The third-order valence-corrected chi connectivity index (χ3v) is 1.60. The predicted octanol–water partition coefficient (Wildman–Crippen LogP) is 1.40. The quantitative estimate of drug-likeness (QED) is 0.727. The van der Waals surface area contributed by atoms with Gasteiger partial charge in [0.05, 0.1) is 6.61 Å². The Balaban J connectivity index is 2.75. The van der Waals surface area contributed by atoms with Crippen LogP contribution in [0.15, 0.2) is 12.1 Å². The Morgan fingerprint density at radius 1 is 1.36 bits per heavy atom. The van der Waals surface area contributed by atoms with Gasteiger partial charge in [0.2, 0.25) is 0 Å². The minimum Gasteiger partial charge on any atom is -0.502 e. The van der Waals surface area contributed by atoms with Gasteiger partial charge in [0, 0.05) is 12.1 Å². The van der Waals surface area contributed by atoms with Crippen LogP contribution in [0.1, 0.15) is 6.42 Å². The third-order valence-electron chi connectivity index (χ3n) is 1.60. The summed E-state index contributed by atoms with van der Waals surface area (Å²) in [5.41, 5.74) is 5.20.